The monoisotopic (exact) mass is 186 g/mol. The van der Waals surface area contributed by atoms with Crippen molar-refractivity contribution < 1.29 is 0 Å². The molecule has 2 aromatic rings. The van der Waals surface area contributed by atoms with Gasteiger partial charge in [-0.2, -0.15) is 0 Å². The van der Waals surface area contributed by atoms with Crippen LogP contribution in [0.4, 0.5) is 0 Å². The largest absolute Gasteiger partial charge is 0.358 e. The number of benzene rings is 1. The number of aromatic amines is 1. The molecule has 0 unspecified atom stereocenters. The summed E-state index contributed by atoms with van der Waals surface area (Å²) in [5.41, 5.74) is 4.02. The van der Waals surface area contributed by atoms with Gasteiger partial charge in [-0.05, 0) is 31.4 Å². The fourth-order valence-corrected chi connectivity index (χ4v) is 1.96. The molecule has 0 saturated heterocycles. The second-order valence-electron chi connectivity index (χ2n) is 3.73. The van der Waals surface area contributed by atoms with Crippen molar-refractivity contribution in [2.75, 3.05) is 0 Å². The van der Waals surface area contributed by atoms with Crippen LogP contribution in [-0.2, 0) is 6.42 Å². The Morgan fingerprint density at radius 2 is 2.07 bits per heavy atom. The van der Waals surface area contributed by atoms with Crippen LogP contribution in [0.3, 0.4) is 0 Å². The number of aromatic nitrogens is 1. The first kappa shape index (κ1) is 9.32. The van der Waals surface area contributed by atoms with Crippen LogP contribution in [0, 0.1) is 13.8 Å². The van der Waals surface area contributed by atoms with Crippen molar-refractivity contribution in [2.45, 2.75) is 26.2 Å². The fourth-order valence-electron chi connectivity index (χ4n) is 1.96. The Bertz CT molecular complexity index is 426. The molecule has 1 heterocycles. The molecule has 0 aliphatic rings. The highest BCUT2D eigenvalue weighted by Gasteiger charge is 2.06. The molecule has 0 saturated carbocycles. The number of aryl methyl sites for hydroxylation is 2. The van der Waals surface area contributed by atoms with Gasteiger partial charge in [0, 0.05) is 16.6 Å². The maximum Gasteiger partial charge on any atom is 0.0458 e. The quantitative estimate of drug-likeness (QED) is 0.753. The first-order valence-corrected chi connectivity index (χ1v) is 5.18. The van der Waals surface area contributed by atoms with Crippen molar-refractivity contribution in [3.05, 3.63) is 42.4 Å². The third kappa shape index (κ3) is 1.54. The van der Waals surface area contributed by atoms with E-state index in [2.05, 4.69) is 43.1 Å². The molecule has 0 atom stereocenters. The van der Waals surface area contributed by atoms with Gasteiger partial charge in [0.05, 0.1) is 0 Å². The highest BCUT2D eigenvalue weighted by molar-refractivity contribution is 5.84. The van der Waals surface area contributed by atoms with Gasteiger partial charge in [0.25, 0.3) is 0 Å². The van der Waals surface area contributed by atoms with Crippen molar-refractivity contribution in [1.29, 1.82) is 0 Å². The Kier molecular flexibility index (Phi) is 2.58. The molecule has 0 aliphatic carbocycles. The lowest BCUT2D eigenvalue weighted by Crippen LogP contribution is -1.85. The second-order valence-corrected chi connectivity index (χ2v) is 3.73. The van der Waals surface area contributed by atoms with E-state index in [4.69, 9.17) is 0 Å². The molecular formula is C13H16N. The van der Waals surface area contributed by atoms with Gasteiger partial charge in [-0.3, -0.25) is 0 Å². The van der Waals surface area contributed by atoms with E-state index >= 15 is 0 Å². The van der Waals surface area contributed by atoms with Gasteiger partial charge in [0.2, 0.25) is 0 Å². The van der Waals surface area contributed by atoms with Crippen molar-refractivity contribution in [3.63, 3.8) is 0 Å². The Morgan fingerprint density at radius 1 is 1.29 bits per heavy atom. The molecule has 1 heteroatoms. The van der Waals surface area contributed by atoms with E-state index in [1.165, 1.54) is 28.6 Å². The number of unbranched alkanes of at least 4 members (excludes halogenated alkanes) is 1. The predicted molar refractivity (Wildman–Crippen MR) is 61.3 cm³/mol. The third-order valence-electron chi connectivity index (χ3n) is 2.70. The predicted octanol–water partition coefficient (Wildman–Crippen LogP) is 3.63. The van der Waals surface area contributed by atoms with Gasteiger partial charge in [-0.15, -0.1) is 0 Å². The molecule has 0 fully saturated rings. The minimum Gasteiger partial charge on any atom is -0.358 e. The van der Waals surface area contributed by atoms with Crippen molar-refractivity contribution in [3.8, 4) is 0 Å². The zero-order valence-electron chi connectivity index (χ0n) is 8.64. The summed E-state index contributed by atoms with van der Waals surface area (Å²) in [5, 5.41) is 1.37. The molecule has 0 aliphatic heterocycles. The van der Waals surface area contributed by atoms with Crippen LogP contribution in [0.1, 0.15) is 24.1 Å². The van der Waals surface area contributed by atoms with E-state index in [1.807, 2.05) is 0 Å². The topological polar surface area (TPSA) is 15.8 Å². The van der Waals surface area contributed by atoms with Gasteiger partial charge in [0.15, 0.2) is 0 Å². The average molecular weight is 186 g/mol. The van der Waals surface area contributed by atoms with E-state index in [9.17, 15) is 0 Å². The maximum absolute atomic E-state index is 3.88. The van der Waals surface area contributed by atoms with E-state index in [0.717, 1.165) is 12.8 Å². The molecule has 14 heavy (non-hydrogen) atoms. The molecule has 1 radical (unpaired) electrons. The van der Waals surface area contributed by atoms with Crippen LogP contribution in [0.5, 0.6) is 0 Å². The summed E-state index contributed by atoms with van der Waals surface area (Å²) < 4.78 is 0. The van der Waals surface area contributed by atoms with Crippen LogP contribution >= 0.6 is 0 Å². The first-order chi connectivity index (χ1) is 6.83. The molecule has 1 aromatic carbocycles. The van der Waals surface area contributed by atoms with Gasteiger partial charge in [-0.1, -0.05) is 31.5 Å². The summed E-state index contributed by atoms with van der Waals surface area (Å²) in [6, 6.07) is 8.50. The van der Waals surface area contributed by atoms with Crippen LogP contribution in [0.25, 0.3) is 10.9 Å². The number of H-pyrrole nitrogens is 1. The zero-order chi connectivity index (χ0) is 9.97. The number of hydrogen-bond donors (Lipinski definition) is 1. The fraction of sp³-hybridized carbons (Fsp3) is 0.308. The molecule has 2 rings (SSSR count). The molecule has 73 valence electrons. The summed E-state index contributed by atoms with van der Waals surface area (Å²) in [6.45, 7) is 6.04. The van der Waals surface area contributed by atoms with Crippen molar-refractivity contribution >= 4 is 10.9 Å². The van der Waals surface area contributed by atoms with Crippen LogP contribution in [0.2, 0.25) is 0 Å². The van der Waals surface area contributed by atoms with E-state index < -0.39 is 0 Å². The number of rotatable bonds is 3. The summed E-state index contributed by atoms with van der Waals surface area (Å²) >= 11 is 0. The van der Waals surface area contributed by atoms with E-state index in [-0.39, 0.29) is 0 Å². The average Bonchev–Trinajstić information content (AvgIpc) is 2.51. The Labute approximate surface area is 85.1 Å². The molecule has 1 N–H and O–H groups in total. The van der Waals surface area contributed by atoms with Crippen LogP contribution in [-0.4, -0.2) is 4.98 Å². The Hall–Kier alpha value is -1.24. The van der Waals surface area contributed by atoms with Crippen molar-refractivity contribution in [2.24, 2.45) is 0 Å². The minimum atomic E-state index is 1.01. The lowest BCUT2D eigenvalue weighted by Gasteiger charge is -1.98. The number of fused-ring (bicyclic) bond motifs is 1. The minimum absolute atomic E-state index is 1.01. The standard InChI is InChI=1S/C13H16N/c1-3-4-7-11-10(2)14-13-9-6-5-8-12(11)13/h5-6,8-9,14H,1,3-4,7H2,2H3. The number of hydrogen-bond acceptors (Lipinski definition) is 0. The van der Waals surface area contributed by atoms with E-state index in [1.54, 1.807) is 0 Å². The van der Waals surface area contributed by atoms with Crippen molar-refractivity contribution in [1.82, 2.24) is 4.98 Å². The van der Waals surface area contributed by atoms with Gasteiger partial charge in [-0.25, -0.2) is 0 Å². The molecule has 0 spiro atoms. The highest BCUT2D eigenvalue weighted by Crippen LogP contribution is 2.23. The Morgan fingerprint density at radius 3 is 2.86 bits per heavy atom. The normalized spacial score (nSPS) is 11.0. The summed E-state index contributed by atoms with van der Waals surface area (Å²) in [6.07, 6.45) is 3.32. The second kappa shape index (κ2) is 3.87. The van der Waals surface area contributed by atoms with Crippen LogP contribution in [0.15, 0.2) is 24.3 Å². The summed E-state index contributed by atoms with van der Waals surface area (Å²) in [4.78, 5) is 3.42. The van der Waals surface area contributed by atoms with Crippen LogP contribution < -0.4 is 0 Å². The SMILES string of the molecule is [CH2]CCCc1c(C)[nH]c2ccccc12. The summed E-state index contributed by atoms with van der Waals surface area (Å²) in [7, 11) is 0. The number of nitrogens with one attached hydrogen (secondary N) is 1. The van der Waals surface area contributed by atoms with Gasteiger partial charge < -0.3 is 4.98 Å². The molecule has 0 bridgehead atoms. The van der Waals surface area contributed by atoms with Gasteiger partial charge in [0.1, 0.15) is 0 Å². The zero-order valence-corrected chi connectivity index (χ0v) is 8.64. The molecule has 1 nitrogen and oxygen atoms in total. The molecular weight excluding hydrogens is 170 g/mol. The maximum atomic E-state index is 3.88. The number of para-hydroxylation sites is 1. The smallest absolute Gasteiger partial charge is 0.0458 e. The van der Waals surface area contributed by atoms with Gasteiger partial charge >= 0.3 is 0 Å². The van der Waals surface area contributed by atoms with E-state index in [0.29, 0.717) is 0 Å². The lowest BCUT2D eigenvalue weighted by molar-refractivity contribution is 0.839. The molecule has 1 aromatic heterocycles. The third-order valence-corrected chi connectivity index (χ3v) is 2.70. The molecule has 0 amide bonds. The summed E-state index contributed by atoms with van der Waals surface area (Å²) in [5.74, 6) is 0. The first-order valence-electron chi connectivity index (χ1n) is 5.18. The highest BCUT2D eigenvalue weighted by atomic mass is 14.7. The Balaban J connectivity index is 2.45. The lowest BCUT2D eigenvalue weighted by atomic mass is 10.1.